The first-order valence-corrected chi connectivity index (χ1v) is 5.19. The van der Waals surface area contributed by atoms with Crippen LogP contribution in [0.15, 0.2) is 24.4 Å². The molecule has 0 aliphatic heterocycles. The van der Waals surface area contributed by atoms with E-state index in [9.17, 15) is 0 Å². The van der Waals surface area contributed by atoms with E-state index in [-0.39, 0.29) is 6.04 Å². The van der Waals surface area contributed by atoms with Crippen LogP contribution >= 0.6 is 0 Å². The van der Waals surface area contributed by atoms with Gasteiger partial charge in [0.15, 0.2) is 6.29 Å². The SMILES string of the molecule is CCOC(OCC)C(N)c1ccccn1. The van der Waals surface area contributed by atoms with Gasteiger partial charge in [-0.3, -0.25) is 4.98 Å². The smallest absolute Gasteiger partial charge is 0.178 e. The normalized spacial score (nSPS) is 13.1. The minimum atomic E-state index is -0.421. The van der Waals surface area contributed by atoms with Crippen LogP contribution < -0.4 is 5.73 Å². The highest BCUT2D eigenvalue weighted by Crippen LogP contribution is 2.15. The first-order chi connectivity index (χ1) is 7.29. The van der Waals surface area contributed by atoms with Crippen LogP contribution in [0.25, 0.3) is 0 Å². The van der Waals surface area contributed by atoms with Gasteiger partial charge in [0.1, 0.15) is 0 Å². The zero-order valence-electron chi connectivity index (χ0n) is 9.22. The van der Waals surface area contributed by atoms with Gasteiger partial charge in [0.05, 0.1) is 11.7 Å². The minimum Gasteiger partial charge on any atom is -0.351 e. The Kier molecular flexibility index (Phi) is 5.25. The van der Waals surface area contributed by atoms with E-state index in [1.807, 2.05) is 32.0 Å². The molecule has 0 saturated carbocycles. The Bertz CT molecular complexity index is 261. The van der Waals surface area contributed by atoms with Crippen molar-refractivity contribution in [3.8, 4) is 0 Å². The number of ether oxygens (including phenoxy) is 2. The van der Waals surface area contributed by atoms with Gasteiger partial charge in [0.25, 0.3) is 0 Å². The third kappa shape index (κ3) is 3.58. The van der Waals surface area contributed by atoms with Gasteiger partial charge in [-0.05, 0) is 26.0 Å². The van der Waals surface area contributed by atoms with Crippen molar-refractivity contribution in [3.63, 3.8) is 0 Å². The van der Waals surface area contributed by atoms with Crippen molar-refractivity contribution in [2.75, 3.05) is 13.2 Å². The van der Waals surface area contributed by atoms with Gasteiger partial charge in [-0.2, -0.15) is 0 Å². The first kappa shape index (κ1) is 12.1. The Labute approximate surface area is 90.4 Å². The fraction of sp³-hybridized carbons (Fsp3) is 0.545. The molecule has 84 valence electrons. The highest BCUT2D eigenvalue weighted by molar-refractivity contribution is 5.08. The number of rotatable bonds is 6. The Morgan fingerprint density at radius 1 is 1.27 bits per heavy atom. The lowest BCUT2D eigenvalue weighted by Gasteiger charge is -2.22. The molecule has 0 saturated heterocycles. The number of nitrogens with zero attached hydrogens (tertiary/aromatic N) is 1. The van der Waals surface area contributed by atoms with Crippen LogP contribution in [-0.2, 0) is 9.47 Å². The molecule has 2 N–H and O–H groups in total. The standard InChI is InChI=1S/C11H18N2O2/c1-3-14-11(15-4-2)10(12)9-7-5-6-8-13-9/h5-8,10-11H,3-4,12H2,1-2H3. The van der Waals surface area contributed by atoms with Crippen molar-refractivity contribution in [3.05, 3.63) is 30.1 Å². The summed E-state index contributed by atoms with van der Waals surface area (Å²) in [6.07, 6.45) is 1.29. The third-order valence-corrected chi connectivity index (χ3v) is 1.98. The van der Waals surface area contributed by atoms with Crippen molar-refractivity contribution < 1.29 is 9.47 Å². The zero-order chi connectivity index (χ0) is 11.1. The second kappa shape index (κ2) is 6.50. The molecular formula is C11H18N2O2. The molecule has 0 aromatic carbocycles. The molecule has 1 atom stereocenters. The molecule has 0 radical (unpaired) electrons. The van der Waals surface area contributed by atoms with E-state index in [4.69, 9.17) is 15.2 Å². The fourth-order valence-electron chi connectivity index (χ4n) is 1.30. The Morgan fingerprint density at radius 3 is 2.40 bits per heavy atom. The molecule has 1 aromatic heterocycles. The van der Waals surface area contributed by atoms with E-state index >= 15 is 0 Å². The number of hydrogen-bond donors (Lipinski definition) is 1. The molecule has 4 nitrogen and oxygen atoms in total. The van der Waals surface area contributed by atoms with Crippen LogP contribution in [0.2, 0.25) is 0 Å². The Hall–Kier alpha value is -0.970. The monoisotopic (exact) mass is 210 g/mol. The molecule has 0 spiro atoms. The molecular weight excluding hydrogens is 192 g/mol. The average Bonchev–Trinajstić information content (AvgIpc) is 2.29. The summed E-state index contributed by atoms with van der Waals surface area (Å²) in [5.41, 5.74) is 6.78. The number of hydrogen-bond acceptors (Lipinski definition) is 4. The lowest BCUT2D eigenvalue weighted by Crippen LogP contribution is -2.32. The molecule has 1 unspecified atom stereocenters. The number of pyridine rings is 1. The van der Waals surface area contributed by atoms with Crippen LogP contribution in [0.5, 0.6) is 0 Å². The quantitative estimate of drug-likeness (QED) is 0.722. The van der Waals surface area contributed by atoms with Crippen LogP contribution in [0.3, 0.4) is 0 Å². The predicted molar refractivity (Wildman–Crippen MR) is 58.2 cm³/mol. The second-order valence-corrected chi connectivity index (χ2v) is 3.06. The largest absolute Gasteiger partial charge is 0.351 e. The summed E-state index contributed by atoms with van der Waals surface area (Å²) in [4.78, 5) is 4.18. The maximum atomic E-state index is 6.00. The lowest BCUT2D eigenvalue weighted by molar-refractivity contribution is -0.149. The van der Waals surface area contributed by atoms with Crippen LogP contribution in [0.4, 0.5) is 0 Å². The minimum absolute atomic E-state index is 0.342. The van der Waals surface area contributed by atoms with Crippen LogP contribution in [0, 0.1) is 0 Å². The first-order valence-electron chi connectivity index (χ1n) is 5.19. The molecule has 0 fully saturated rings. The topological polar surface area (TPSA) is 57.4 Å². The summed E-state index contributed by atoms with van der Waals surface area (Å²) in [5.74, 6) is 0. The van der Waals surface area contributed by atoms with Gasteiger partial charge >= 0.3 is 0 Å². The highest BCUT2D eigenvalue weighted by atomic mass is 16.7. The van der Waals surface area contributed by atoms with E-state index in [2.05, 4.69) is 4.98 Å². The van der Waals surface area contributed by atoms with Crippen molar-refractivity contribution in [1.29, 1.82) is 0 Å². The highest BCUT2D eigenvalue weighted by Gasteiger charge is 2.20. The molecule has 0 amide bonds. The fourth-order valence-corrected chi connectivity index (χ4v) is 1.30. The van der Waals surface area contributed by atoms with Crippen molar-refractivity contribution >= 4 is 0 Å². The van der Waals surface area contributed by atoms with Crippen molar-refractivity contribution in [2.45, 2.75) is 26.2 Å². The summed E-state index contributed by atoms with van der Waals surface area (Å²) in [5, 5.41) is 0. The van der Waals surface area contributed by atoms with Gasteiger partial charge in [-0.15, -0.1) is 0 Å². The zero-order valence-corrected chi connectivity index (χ0v) is 9.22. The van der Waals surface area contributed by atoms with E-state index in [1.165, 1.54) is 0 Å². The summed E-state index contributed by atoms with van der Waals surface area (Å²) in [6, 6.07) is 5.28. The van der Waals surface area contributed by atoms with Gasteiger partial charge in [0, 0.05) is 19.4 Å². The third-order valence-electron chi connectivity index (χ3n) is 1.98. The molecule has 4 heteroatoms. The van der Waals surface area contributed by atoms with E-state index in [0.29, 0.717) is 13.2 Å². The number of nitrogens with two attached hydrogens (primary N) is 1. The van der Waals surface area contributed by atoms with Crippen LogP contribution in [0.1, 0.15) is 25.6 Å². The predicted octanol–water partition coefficient (Wildman–Crippen LogP) is 1.48. The summed E-state index contributed by atoms with van der Waals surface area (Å²) < 4.78 is 10.8. The summed E-state index contributed by atoms with van der Waals surface area (Å²) in [7, 11) is 0. The summed E-state index contributed by atoms with van der Waals surface area (Å²) >= 11 is 0. The molecule has 1 aromatic rings. The van der Waals surface area contributed by atoms with Gasteiger partial charge in [-0.1, -0.05) is 6.07 Å². The van der Waals surface area contributed by atoms with E-state index in [1.54, 1.807) is 6.20 Å². The molecule has 0 aliphatic rings. The summed E-state index contributed by atoms with van der Waals surface area (Å²) in [6.45, 7) is 4.98. The second-order valence-electron chi connectivity index (χ2n) is 3.06. The lowest BCUT2D eigenvalue weighted by atomic mass is 10.2. The average molecular weight is 210 g/mol. The molecule has 1 rings (SSSR count). The number of aromatic nitrogens is 1. The molecule has 0 bridgehead atoms. The van der Waals surface area contributed by atoms with Gasteiger partial charge in [-0.25, -0.2) is 0 Å². The van der Waals surface area contributed by atoms with Crippen molar-refractivity contribution in [1.82, 2.24) is 4.98 Å². The van der Waals surface area contributed by atoms with Gasteiger partial charge in [0.2, 0.25) is 0 Å². The Balaban J connectivity index is 2.67. The van der Waals surface area contributed by atoms with E-state index < -0.39 is 6.29 Å². The molecule has 15 heavy (non-hydrogen) atoms. The maximum absolute atomic E-state index is 6.00. The van der Waals surface area contributed by atoms with E-state index in [0.717, 1.165) is 5.69 Å². The molecule has 0 aliphatic carbocycles. The van der Waals surface area contributed by atoms with Crippen molar-refractivity contribution in [2.24, 2.45) is 5.73 Å². The van der Waals surface area contributed by atoms with Gasteiger partial charge < -0.3 is 15.2 Å². The maximum Gasteiger partial charge on any atom is 0.178 e. The Morgan fingerprint density at radius 2 is 1.93 bits per heavy atom. The molecule has 1 heterocycles. The van der Waals surface area contributed by atoms with Crippen LogP contribution in [-0.4, -0.2) is 24.5 Å².